The summed E-state index contributed by atoms with van der Waals surface area (Å²) in [6.45, 7) is 6.29. The second-order valence-corrected chi connectivity index (χ2v) is 7.07. The van der Waals surface area contributed by atoms with E-state index in [-0.39, 0.29) is 17.3 Å². The topological polar surface area (TPSA) is 95.5 Å². The van der Waals surface area contributed by atoms with Crippen molar-refractivity contribution in [3.63, 3.8) is 0 Å². The number of amides is 1. The number of carbonyl (C=O) groups excluding carboxylic acids is 1. The standard InChI is InChI=1S/C14H22N2O4S/c1-5-14(4,18)9-15-21(19,20)13-8-12(16-11(3)17)7-6-10(13)2/h6-8,15,18H,5,9H2,1-4H3,(H,16,17). The molecule has 0 aliphatic heterocycles. The number of carbonyl (C=O) groups is 1. The summed E-state index contributed by atoms with van der Waals surface area (Å²) < 4.78 is 27.0. The van der Waals surface area contributed by atoms with Gasteiger partial charge in [0, 0.05) is 19.2 Å². The van der Waals surface area contributed by atoms with Gasteiger partial charge < -0.3 is 10.4 Å². The van der Waals surface area contributed by atoms with Crippen LogP contribution in [-0.2, 0) is 14.8 Å². The van der Waals surface area contributed by atoms with Gasteiger partial charge in [0.1, 0.15) is 0 Å². The van der Waals surface area contributed by atoms with E-state index >= 15 is 0 Å². The van der Waals surface area contributed by atoms with E-state index in [2.05, 4.69) is 10.0 Å². The van der Waals surface area contributed by atoms with Gasteiger partial charge in [0.05, 0.1) is 10.5 Å². The van der Waals surface area contributed by atoms with E-state index in [1.54, 1.807) is 32.9 Å². The largest absolute Gasteiger partial charge is 0.389 e. The fourth-order valence-electron chi connectivity index (χ4n) is 1.62. The molecule has 1 amide bonds. The van der Waals surface area contributed by atoms with Gasteiger partial charge in [-0.15, -0.1) is 0 Å². The zero-order valence-corrected chi connectivity index (χ0v) is 13.5. The SMILES string of the molecule is CCC(C)(O)CNS(=O)(=O)c1cc(NC(C)=O)ccc1C. The highest BCUT2D eigenvalue weighted by molar-refractivity contribution is 7.89. The number of anilines is 1. The average molecular weight is 314 g/mol. The number of benzene rings is 1. The molecule has 3 N–H and O–H groups in total. The van der Waals surface area contributed by atoms with Crippen molar-refractivity contribution in [1.29, 1.82) is 0 Å². The third-order valence-electron chi connectivity index (χ3n) is 3.20. The molecular formula is C14H22N2O4S. The van der Waals surface area contributed by atoms with E-state index in [4.69, 9.17) is 0 Å². The fraction of sp³-hybridized carbons (Fsp3) is 0.500. The Morgan fingerprint density at radius 3 is 2.52 bits per heavy atom. The lowest BCUT2D eigenvalue weighted by atomic mass is 10.1. The third kappa shape index (κ3) is 5.11. The van der Waals surface area contributed by atoms with Crippen LogP contribution in [0.25, 0.3) is 0 Å². The second kappa shape index (κ2) is 6.55. The zero-order chi connectivity index (χ0) is 16.3. The van der Waals surface area contributed by atoms with Crippen LogP contribution in [0.4, 0.5) is 5.69 Å². The number of hydrogen-bond acceptors (Lipinski definition) is 4. The Bertz CT molecular complexity index is 624. The van der Waals surface area contributed by atoms with Crippen molar-refractivity contribution in [2.24, 2.45) is 0 Å². The molecule has 0 radical (unpaired) electrons. The van der Waals surface area contributed by atoms with E-state index in [0.29, 0.717) is 17.7 Å². The van der Waals surface area contributed by atoms with Crippen LogP contribution in [0.5, 0.6) is 0 Å². The molecule has 0 heterocycles. The average Bonchev–Trinajstić information content (AvgIpc) is 2.38. The predicted molar refractivity (Wildman–Crippen MR) is 81.6 cm³/mol. The summed E-state index contributed by atoms with van der Waals surface area (Å²) in [5, 5.41) is 12.4. The molecule has 0 aliphatic carbocycles. The molecule has 0 bridgehead atoms. The van der Waals surface area contributed by atoms with Crippen LogP contribution in [-0.4, -0.2) is 31.6 Å². The van der Waals surface area contributed by atoms with Gasteiger partial charge in [-0.05, 0) is 38.0 Å². The Kier molecular flexibility index (Phi) is 5.49. The van der Waals surface area contributed by atoms with Crippen molar-refractivity contribution in [3.8, 4) is 0 Å². The van der Waals surface area contributed by atoms with Crippen LogP contribution < -0.4 is 10.0 Å². The van der Waals surface area contributed by atoms with Crippen molar-refractivity contribution in [1.82, 2.24) is 4.72 Å². The van der Waals surface area contributed by atoms with Crippen molar-refractivity contribution in [3.05, 3.63) is 23.8 Å². The highest BCUT2D eigenvalue weighted by atomic mass is 32.2. The Labute approximate surface area is 125 Å². The Morgan fingerprint density at radius 1 is 1.38 bits per heavy atom. The smallest absolute Gasteiger partial charge is 0.241 e. The van der Waals surface area contributed by atoms with Crippen LogP contribution in [0.1, 0.15) is 32.8 Å². The van der Waals surface area contributed by atoms with Crippen molar-refractivity contribution < 1.29 is 18.3 Å². The minimum atomic E-state index is -3.75. The summed E-state index contributed by atoms with van der Waals surface area (Å²) in [6.07, 6.45) is 0.431. The number of hydrogen-bond donors (Lipinski definition) is 3. The molecule has 7 heteroatoms. The van der Waals surface area contributed by atoms with E-state index in [1.807, 2.05) is 0 Å². The van der Waals surface area contributed by atoms with Gasteiger partial charge in [-0.3, -0.25) is 4.79 Å². The molecule has 1 atom stereocenters. The quantitative estimate of drug-likeness (QED) is 0.739. The van der Waals surface area contributed by atoms with Gasteiger partial charge in [0.2, 0.25) is 15.9 Å². The van der Waals surface area contributed by atoms with Crippen molar-refractivity contribution in [2.45, 2.75) is 44.6 Å². The lowest BCUT2D eigenvalue weighted by Crippen LogP contribution is -2.40. The van der Waals surface area contributed by atoms with Crippen LogP contribution in [0.2, 0.25) is 0 Å². The Hall–Kier alpha value is -1.44. The van der Waals surface area contributed by atoms with Crippen molar-refractivity contribution in [2.75, 3.05) is 11.9 Å². The summed E-state index contributed by atoms with van der Waals surface area (Å²) in [5.41, 5.74) is -0.126. The van der Waals surface area contributed by atoms with Gasteiger partial charge >= 0.3 is 0 Å². The van der Waals surface area contributed by atoms with Crippen LogP contribution in [0.15, 0.2) is 23.1 Å². The second-order valence-electron chi connectivity index (χ2n) is 5.34. The minimum absolute atomic E-state index is 0.0738. The lowest BCUT2D eigenvalue weighted by molar-refractivity contribution is -0.114. The molecule has 0 fully saturated rings. The van der Waals surface area contributed by atoms with E-state index in [9.17, 15) is 18.3 Å². The van der Waals surface area contributed by atoms with Gasteiger partial charge in [-0.2, -0.15) is 0 Å². The maximum absolute atomic E-state index is 12.3. The Balaban J connectivity index is 3.04. The summed E-state index contributed by atoms with van der Waals surface area (Å²) in [5.74, 6) is -0.274. The first-order valence-corrected chi connectivity index (χ1v) is 8.16. The van der Waals surface area contributed by atoms with Crippen LogP contribution in [0.3, 0.4) is 0 Å². The molecule has 0 saturated heterocycles. The zero-order valence-electron chi connectivity index (χ0n) is 12.7. The number of sulfonamides is 1. The monoisotopic (exact) mass is 314 g/mol. The normalized spacial score (nSPS) is 14.5. The molecule has 0 spiro atoms. The molecule has 118 valence electrons. The molecular weight excluding hydrogens is 292 g/mol. The summed E-state index contributed by atoms with van der Waals surface area (Å²) in [6, 6.07) is 4.66. The molecule has 1 aromatic carbocycles. The number of aryl methyl sites for hydroxylation is 1. The molecule has 0 aliphatic rings. The van der Waals surface area contributed by atoms with Crippen LogP contribution in [0, 0.1) is 6.92 Å². The first-order valence-electron chi connectivity index (χ1n) is 6.68. The molecule has 6 nitrogen and oxygen atoms in total. The summed E-state index contributed by atoms with van der Waals surface area (Å²) in [7, 11) is -3.75. The van der Waals surface area contributed by atoms with Gasteiger partial charge in [-0.25, -0.2) is 13.1 Å². The minimum Gasteiger partial charge on any atom is -0.389 e. The maximum atomic E-state index is 12.3. The molecule has 1 rings (SSSR count). The van der Waals surface area contributed by atoms with Gasteiger partial charge in [-0.1, -0.05) is 13.0 Å². The van der Waals surface area contributed by atoms with Gasteiger partial charge in [0.25, 0.3) is 0 Å². The number of aliphatic hydroxyl groups is 1. The third-order valence-corrected chi connectivity index (χ3v) is 4.75. The molecule has 1 unspecified atom stereocenters. The molecule has 0 aromatic heterocycles. The van der Waals surface area contributed by atoms with Crippen LogP contribution >= 0.6 is 0 Å². The molecule has 0 saturated carbocycles. The highest BCUT2D eigenvalue weighted by Crippen LogP contribution is 2.20. The first-order chi connectivity index (χ1) is 9.57. The summed E-state index contributed by atoms with van der Waals surface area (Å²) in [4.78, 5) is 11.1. The maximum Gasteiger partial charge on any atom is 0.241 e. The van der Waals surface area contributed by atoms with E-state index in [0.717, 1.165) is 0 Å². The van der Waals surface area contributed by atoms with Crippen molar-refractivity contribution >= 4 is 21.6 Å². The van der Waals surface area contributed by atoms with E-state index in [1.165, 1.54) is 13.0 Å². The highest BCUT2D eigenvalue weighted by Gasteiger charge is 2.23. The predicted octanol–water partition coefficient (Wildman–Crippen LogP) is 1.39. The summed E-state index contributed by atoms with van der Waals surface area (Å²) >= 11 is 0. The fourth-order valence-corrected chi connectivity index (χ4v) is 3.05. The number of nitrogens with one attached hydrogen (secondary N) is 2. The number of rotatable bonds is 6. The lowest BCUT2D eigenvalue weighted by Gasteiger charge is -2.22. The molecule has 1 aromatic rings. The first kappa shape index (κ1) is 17.6. The molecule has 21 heavy (non-hydrogen) atoms. The van der Waals surface area contributed by atoms with Gasteiger partial charge in [0.15, 0.2) is 0 Å². The van der Waals surface area contributed by atoms with E-state index < -0.39 is 15.6 Å². The Morgan fingerprint density at radius 2 is 2.00 bits per heavy atom.